The average Bonchev–Trinajstić information content (AvgIpc) is 3.05. The van der Waals surface area contributed by atoms with E-state index in [9.17, 15) is 15.3 Å². The highest BCUT2D eigenvalue weighted by molar-refractivity contribution is 5.94. The molecule has 120 valence electrons. The van der Waals surface area contributed by atoms with Crippen molar-refractivity contribution >= 4 is 22.9 Å². The van der Waals surface area contributed by atoms with Crippen LogP contribution in [0.1, 0.15) is 11.8 Å². The van der Waals surface area contributed by atoms with Gasteiger partial charge in [-0.2, -0.15) is 5.26 Å². The summed E-state index contributed by atoms with van der Waals surface area (Å²) in [5.41, 5.74) is 6.86. The molecule has 5 N–H and O–H groups in total. The van der Waals surface area contributed by atoms with Crippen LogP contribution in [0.25, 0.3) is 17.1 Å². The third kappa shape index (κ3) is 2.43. The van der Waals surface area contributed by atoms with Gasteiger partial charge < -0.3 is 30.4 Å². The molecule has 9 heteroatoms. The van der Waals surface area contributed by atoms with Crippen molar-refractivity contribution in [2.24, 2.45) is 0 Å². The Bertz CT molecular complexity index is 796. The molecule has 0 saturated carbocycles. The highest BCUT2D eigenvalue weighted by atomic mass is 16.6. The summed E-state index contributed by atoms with van der Waals surface area (Å²) in [6.07, 6.45) is 1.39. The van der Waals surface area contributed by atoms with E-state index in [1.165, 1.54) is 17.0 Å². The van der Waals surface area contributed by atoms with E-state index in [2.05, 4.69) is 9.97 Å². The van der Waals surface area contributed by atoms with Crippen LogP contribution in [0, 0.1) is 11.3 Å². The second-order valence-corrected chi connectivity index (χ2v) is 5.14. The van der Waals surface area contributed by atoms with E-state index in [-0.39, 0.29) is 5.82 Å². The van der Waals surface area contributed by atoms with Crippen LogP contribution in [-0.4, -0.2) is 54.8 Å². The summed E-state index contributed by atoms with van der Waals surface area (Å²) in [5, 5.41) is 38.5. The Kier molecular flexibility index (Phi) is 3.97. The van der Waals surface area contributed by atoms with Crippen molar-refractivity contribution in [1.82, 2.24) is 14.5 Å². The molecule has 0 aliphatic carbocycles. The zero-order chi connectivity index (χ0) is 16.6. The van der Waals surface area contributed by atoms with Crippen LogP contribution in [0.15, 0.2) is 18.6 Å². The van der Waals surface area contributed by atoms with Crippen molar-refractivity contribution < 1.29 is 20.1 Å². The number of nitrogens with zero attached hydrogens (tertiary/aromatic N) is 4. The van der Waals surface area contributed by atoms with Crippen molar-refractivity contribution in [3.05, 3.63) is 24.2 Å². The second kappa shape index (κ2) is 5.94. The number of nitrogen functional groups attached to an aromatic ring is 1. The van der Waals surface area contributed by atoms with Crippen LogP contribution >= 0.6 is 0 Å². The zero-order valence-electron chi connectivity index (χ0n) is 11.9. The zero-order valence-corrected chi connectivity index (χ0v) is 11.9. The van der Waals surface area contributed by atoms with Crippen LogP contribution in [0.5, 0.6) is 0 Å². The first-order valence-electron chi connectivity index (χ1n) is 6.88. The summed E-state index contributed by atoms with van der Waals surface area (Å²) in [7, 11) is 0. The van der Waals surface area contributed by atoms with Gasteiger partial charge in [0, 0.05) is 17.8 Å². The number of aromatic nitrogens is 3. The maximum Gasteiger partial charge on any atom is 0.164 e. The number of nitrogens with two attached hydrogens (primary N) is 1. The molecule has 4 atom stereocenters. The summed E-state index contributed by atoms with van der Waals surface area (Å²) in [4.78, 5) is 8.07. The van der Waals surface area contributed by atoms with Gasteiger partial charge in [0.1, 0.15) is 36.1 Å². The van der Waals surface area contributed by atoms with Crippen LogP contribution in [-0.2, 0) is 4.74 Å². The average molecular weight is 317 g/mol. The third-order valence-electron chi connectivity index (χ3n) is 3.80. The molecule has 0 spiro atoms. The highest BCUT2D eigenvalue weighted by Gasteiger charge is 2.44. The van der Waals surface area contributed by atoms with E-state index in [0.717, 1.165) is 0 Å². The molecule has 2 aromatic rings. The second-order valence-electron chi connectivity index (χ2n) is 5.14. The van der Waals surface area contributed by atoms with Crippen LogP contribution in [0.2, 0.25) is 0 Å². The van der Waals surface area contributed by atoms with E-state index in [1.54, 1.807) is 12.3 Å². The van der Waals surface area contributed by atoms with Gasteiger partial charge in [-0.3, -0.25) is 0 Å². The molecule has 1 saturated heterocycles. The predicted molar refractivity (Wildman–Crippen MR) is 79.6 cm³/mol. The lowest BCUT2D eigenvalue weighted by atomic mass is 10.1. The summed E-state index contributed by atoms with van der Waals surface area (Å²) in [6.45, 7) is -0.424. The Balaban J connectivity index is 2.14. The lowest BCUT2D eigenvalue weighted by Crippen LogP contribution is -2.33. The van der Waals surface area contributed by atoms with Crippen LogP contribution in [0.4, 0.5) is 5.82 Å². The predicted octanol–water partition coefficient (Wildman–Crippen LogP) is -0.838. The molecular weight excluding hydrogens is 302 g/mol. The van der Waals surface area contributed by atoms with Gasteiger partial charge in [-0.25, -0.2) is 9.97 Å². The molecule has 0 radical (unpaired) electrons. The maximum atomic E-state index is 10.2. The van der Waals surface area contributed by atoms with Gasteiger partial charge in [0.15, 0.2) is 6.23 Å². The Morgan fingerprint density at radius 1 is 1.39 bits per heavy atom. The minimum absolute atomic E-state index is 0.220. The van der Waals surface area contributed by atoms with Gasteiger partial charge >= 0.3 is 0 Å². The van der Waals surface area contributed by atoms with Gasteiger partial charge in [-0.15, -0.1) is 0 Å². The minimum atomic E-state index is -1.24. The fraction of sp³-hybridized carbons (Fsp3) is 0.357. The van der Waals surface area contributed by atoms with E-state index >= 15 is 0 Å². The number of hydrogen-bond donors (Lipinski definition) is 4. The number of anilines is 1. The summed E-state index contributed by atoms with van der Waals surface area (Å²) >= 11 is 0. The molecule has 2 aromatic heterocycles. The SMILES string of the molecule is N#C/C=C/c1cn(C2OC(CO)C(O)C2O)c2ncnc(N)c12. The van der Waals surface area contributed by atoms with Crippen molar-refractivity contribution in [3.8, 4) is 6.07 Å². The Morgan fingerprint density at radius 3 is 2.83 bits per heavy atom. The molecule has 1 fully saturated rings. The minimum Gasteiger partial charge on any atom is -0.394 e. The van der Waals surface area contributed by atoms with Gasteiger partial charge in [0.25, 0.3) is 0 Å². The smallest absolute Gasteiger partial charge is 0.164 e. The fourth-order valence-corrected chi connectivity index (χ4v) is 2.69. The molecule has 9 nitrogen and oxygen atoms in total. The molecule has 3 rings (SSSR count). The molecule has 1 aliphatic heterocycles. The first-order chi connectivity index (χ1) is 11.1. The Hall–Kier alpha value is -2.51. The Morgan fingerprint density at radius 2 is 2.17 bits per heavy atom. The van der Waals surface area contributed by atoms with Crippen molar-refractivity contribution in [2.75, 3.05) is 12.3 Å². The van der Waals surface area contributed by atoms with Crippen LogP contribution < -0.4 is 5.73 Å². The standard InChI is InChI=1S/C14H15N5O4/c15-3-1-2-7-4-19(13-9(7)12(16)17-6-18-13)14-11(22)10(21)8(5-20)23-14/h1-2,4,6,8,10-11,14,20-22H,5H2,(H2,16,17,18)/b2-1+. The van der Waals surface area contributed by atoms with Gasteiger partial charge in [0.2, 0.25) is 0 Å². The molecule has 0 aromatic carbocycles. The van der Waals surface area contributed by atoms with Crippen molar-refractivity contribution in [2.45, 2.75) is 24.5 Å². The number of aliphatic hydroxyl groups excluding tert-OH is 3. The first kappa shape index (κ1) is 15.4. The van der Waals surface area contributed by atoms with Crippen molar-refractivity contribution in [3.63, 3.8) is 0 Å². The van der Waals surface area contributed by atoms with Crippen molar-refractivity contribution in [1.29, 1.82) is 5.26 Å². The quantitative estimate of drug-likeness (QED) is 0.535. The summed E-state index contributed by atoms with van der Waals surface area (Å²) in [6, 6.07) is 1.89. The van der Waals surface area contributed by atoms with Gasteiger partial charge in [-0.1, -0.05) is 0 Å². The van der Waals surface area contributed by atoms with E-state index in [1.807, 2.05) is 6.07 Å². The molecule has 0 bridgehead atoms. The molecule has 23 heavy (non-hydrogen) atoms. The van der Waals surface area contributed by atoms with Gasteiger partial charge in [0.05, 0.1) is 18.1 Å². The number of allylic oxidation sites excluding steroid dienone is 1. The maximum absolute atomic E-state index is 10.2. The topological polar surface area (TPSA) is 150 Å². The monoisotopic (exact) mass is 317 g/mol. The Labute approximate surface area is 130 Å². The lowest BCUT2D eigenvalue weighted by Gasteiger charge is -2.17. The molecule has 3 heterocycles. The number of aliphatic hydroxyl groups is 3. The summed E-state index contributed by atoms with van der Waals surface area (Å²) < 4.78 is 7.02. The number of fused-ring (bicyclic) bond motifs is 1. The summed E-state index contributed by atoms with van der Waals surface area (Å²) in [5.74, 6) is 0.220. The first-order valence-corrected chi connectivity index (χ1v) is 6.88. The molecule has 4 unspecified atom stereocenters. The van der Waals surface area contributed by atoms with Crippen LogP contribution in [0.3, 0.4) is 0 Å². The lowest BCUT2D eigenvalue weighted by molar-refractivity contribution is -0.0508. The normalized spacial score (nSPS) is 27.7. The number of rotatable bonds is 3. The number of hydrogen-bond acceptors (Lipinski definition) is 8. The van der Waals surface area contributed by atoms with E-state index in [4.69, 9.17) is 15.7 Å². The van der Waals surface area contributed by atoms with E-state index in [0.29, 0.717) is 16.6 Å². The molecule has 1 aliphatic rings. The highest BCUT2D eigenvalue weighted by Crippen LogP contribution is 2.34. The molecular formula is C14H15N5O4. The largest absolute Gasteiger partial charge is 0.394 e. The number of nitriles is 1. The van der Waals surface area contributed by atoms with Gasteiger partial charge in [-0.05, 0) is 6.08 Å². The third-order valence-corrected chi connectivity index (χ3v) is 3.80. The molecule has 0 amide bonds. The number of ether oxygens (including phenoxy) is 1. The van der Waals surface area contributed by atoms with E-state index < -0.39 is 31.1 Å². The fourth-order valence-electron chi connectivity index (χ4n) is 2.69.